The summed E-state index contributed by atoms with van der Waals surface area (Å²) in [6.45, 7) is 5.08. The molecule has 0 spiro atoms. The molecule has 1 aromatic carbocycles. The molecule has 7 heteroatoms. The Hall–Kier alpha value is -1.24. The number of aryl methyl sites for hydroxylation is 1. The second-order valence-corrected chi connectivity index (χ2v) is 7.09. The van der Waals surface area contributed by atoms with Crippen LogP contribution in [-0.2, 0) is 16.3 Å². The average Bonchev–Trinajstić information content (AvgIpc) is 2.52. The van der Waals surface area contributed by atoms with Crippen LogP contribution in [0.2, 0.25) is 0 Å². The number of hydrogen-bond acceptors (Lipinski definition) is 3. The monoisotopic (exact) mass is 294 g/mol. The van der Waals surface area contributed by atoms with Gasteiger partial charge in [-0.25, -0.2) is 8.42 Å². The molecule has 0 aliphatic carbocycles. The van der Waals surface area contributed by atoms with Crippen molar-refractivity contribution in [2.24, 2.45) is 0 Å². The van der Waals surface area contributed by atoms with Gasteiger partial charge in [0.05, 0.1) is 4.90 Å². The molecule has 0 amide bonds. The van der Waals surface area contributed by atoms with Crippen LogP contribution in [0.1, 0.15) is 25.0 Å². The van der Waals surface area contributed by atoms with Gasteiger partial charge in [-0.2, -0.15) is 13.2 Å². The Morgan fingerprint density at radius 1 is 1.26 bits per heavy atom. The van der Waals surface area contributed by atoms with Crippen LogP contribution < -0.4 is 4.74 Å². The molecule has 0 aromatic heterocycles. The summed E-state index contributed by atoms with van der Waals surface area (Å²) in [5.41, 5.74) is -5.27. The van der Waals surface area contributed by atoms with Crippen molar-refractivity contribution < 1.29 is 26.3 Å². The van der Waals surface area contributed by atoms with Crippen molar-refractivity contribution >= 4 is 9.84 Å². The van der Waals surface area contributed by atoms with Crippen LogP contribution in [0.15, 0.2) is 17.0 Å². The van der Waals surface area contributed by atoms with E-state index >= 15 is 0 Å². The van der Waals surface area contributed by atoms with E-state index in [9.17, 15) is 21.6 Å². The minimum Gasteiger partial charge on any atom is -0.487 e. The van der Waals surface area contributed by atoms with Crippen LogP contribution in [0.5, 0.6) is 5.75 Å². The van der Waals surface area contributed by atoms with Crippen LogP contribution in [0.25, 0.3) is 0 Å². The van der Waals surface area contributed by atoms with Crippen molar-refractivity contribution in [2.45, 2.75) is 43.2 Å². The average molecular weight is 294 g/mol. The molecule has 0 saturated carbocycles. The van der Waals surface area contributed by atoms with Gasteiger partial charge in [-0.15, -0.1) is 0 Å². The van der Waals surface area contributed by atoms with E-state index < -0.39 is 25.8 Å². The predicted octanol–water partition coefficient (Wildman–Crippen LogP) is 3.00. The van der Waals surface area contributed by atoms with Gasteiger partial charge in [0.1, 0.15) is 11.4 Å². The van der Waals surface area contributed by atoms with Crippen LogP contribution in [0.4, 0.5) is 13.2 Å². The summed E-state index contributed by atoms with van der Waals surface area (Å²) in [4.78, 5) is -0.703. The molecule has 0 N–H and O–H groups in total. The number of ether oxygens (including phenoxy) is 1. The van der Waals surface area contributed by atoms with Crippen LogP contribution in [0, 0.1) is 6.92 Å². The minimum atomic E-state index is -5.35. The molecular weight excluding hydrogens is 281 g/mol. The molecule has 0 radical (unpaired) electrons. The first-order valence-corrected chi connectivity index (χ1v) is 7.07. The second kappa shape index (κ2) is 3.88. The van der Waals surface area contributed by atoms with Gasteiger partial charge in [0.2, 0.25) is 0 Å². The molecule has 0 fully saturated rings. The third kappa shape index (κ3) is 2.20. The molecule has 0 bridgehead atoms. The van der Waals surface area contributed by atoms with Crippen molar-refractivity contribution in [1.29, 1.82) is 0 Å². The molecule has 19 heavy (non-hydrogen) atoms. The van der Waals surface area contributed by atoms with Crippen LogP contribution in [0.3, 0.4) is 0 Å². The highest BCUT2D eigenvalue weighted by atomic mass is 32.2. The number of halogens is 3. The Labute approximate surface area is 109 Å². The standard InChI is InChI=1S/C12H13F3O3S/c1-7-4-5-9(19(16,17)12(13,14)15)8-6-11(2,3)18-10(7)8/h4-5H,6H2,1-3H3. The van der Waals surface area contributed by atoms with Gasteiger partial charge in [0, 0.05) is 12.0 Å². The third-order valence-electron chi connectivity index (χ3n) is 2.99. The van der Waals surface area contributed by atoms with Gasteiger partial charge in [-0.3, -0.25) is 0 Å². The van der Waals surface area contributed by atoms with E-state index in [1.54, 1.807) is 20.8 Å². The highest BCUT2D eigenvalue weighted by Crippen LogP contribution is 2.43. The lowest BCUT2D eigenvalue weighted by atomic mass is 10.0. The number of sulfone groups is 1. The topological polar surface area (TPSA) is 43.4 Å². The molecule has 0 unspecified atom stereocenters. The molecular formula is C12H13F3O3S. The lowest BCUT2D eigenvalue weighted by molar-refractivity contribution is -0.0436. The summed E-state index contributed by atoms with van der Waals surface area (Å²) < 4.78 is 66.6. The number of hydrogen-bond donors (Lipinski definition) is 0. The SMILES string of the molecule is Cc1ccc(S(=O)(=O)C(F)(F)F)c2c1OC(C)(C)C2. The molecule has 3 nitrogen and oxygen atoms in total. The second-order valence-electron chi connectivity index (χ2n) is 5.18. The molecule has 1 aromatic rings. The van der Waals surface area contributed by atoms with Gasteiger partial charge >= 0.3 is 5.51 Å². The Morgan fingerprint density at radius 2 is 1.84 bits per heavy atom. The first kappa shape index (κ1) is 14.2. The lowest BCUT2D eigenvalue weighted by Crippen LogP contribution is -2.26. The zero-order valence-electron chi connectivity index (χ0n) is 10.6. The zero-order chi connectivity index (χ0) is 14.6. The number of fused-ring (bicyclic) bond motifs is 1. The Bertz CT molecular complexity index is 630. The molecule has 2 rings (SSSR count). The third-order valence-corrected chi connectivity index (χ3v) is 4.56. The molecule has 1 aliphatic heterocycles. The first-order chi connectivity index (χ1) is 8.46. The van der Waals surface area contributed by atoms with Crippen molar-refractivity contribution in [3.05, 3.63) is 23.3 Å². The highest BCUT2D eigenvalue weighted by molar-refractivity contribution is 7.92. The Balaban J connectivity index is 2.69. The van der Waals surface area contributed by atoms with Gasteiger partial charge < -0.3 is 4.74 Å². The highest BCUT2D eigenvalue weighted by Gasteiger charge is 2.49. The quantitative estimate of drug-likeness (QED) is 0.799. The largest absolute Gasteiger partial charge is 0.501 e. The van der Waals surface area contributed by atoms with Gasteiger partial charge in [0.15, 0.2) is 0 Å². The minimum absolute atomic E-state index is 0.113. The van der Waals surface area contributed by atoms with Crippen LogP contribution in [-0.4, -0.2) is 19.5 Å². The van der Waals surface area contributed by atoms with Crippen LogP contribution >= 0.6 is 0 Å². The van der Waals surface area contributed by atoms with E-state index in [0.29, 0.717) is 5.56 Å². The maximum Gasteiger partial charge on any atom is 0.501 e. The normalized spacial score (nSPS) is 18.0. The zero-order valence-corrected chi connectivity index (χ0v) is 11.4. The lowest BCUT2D eigenvalue weighted by Gasteiger charge is -2.17. The van der Waals surface area contributed by atoms with Gasteiger partial charge in [0.25, 0.3) is 9.84 Å². The smallest absolute Gasteiger partial charge is 0.487 e. The maximum absolute atomic E-state index is 12.7. The fourth-order valence-corrected chi connectivity index (χ4v) is 3.14. The maximum atomic E-state index is 12.7. The molecule has 1 aliphatic rings. The summed E-state index contributed by atoms with van der Waals surface area (Å²) in [5.74, 6) is 0.246. The summed E-state index contributed by atoms with van der Waals surface area (Å²) >= 11 is 0. The molecule has 0 atom stereocenters. The Morgan fingerprint density at radius 3 is 2.37 bits per heavy atom. The van der Waals surface area contributed by atoms with E-state index in [2.05, 4.69) is 0 Å². The van der Waals surface area contributed by atoms with Crippen molar-refractivity contribution in [2.75, 3.05) is 0 Å². The van der Waals surface area contributed by atoms with E-state index in [0.717, 1.165) is 6.07 Å². The van der Waals surface area contributed by atoms with E-state index in [1.165, 1.54) is 6.07 Å². The summed E-state index contributed by atoms with van der Waals surface area (Å²) in [7, 11) is -5.35. The number of benzene rings is 1. The fraction of sp³-hybridized carbons (Fsp3) is 0.500. The van der Waals surface area contributed by atoms with E-state index in [-0.39, 0.29) is 17.7 Å². The predicted molar refractivity (Wildman–Crippen MR) is 62.8 cm³/mol. The fourth-order valence-electron chi connectivity index (χ4n) is 2.15. The summed E-state index contributed by atoms with van der Waals surface area (Å²) in [6, 6.07) is 2.33. The van der Waals surface area contributed by atoms with E-state index in [1.807, 2.05) is 0 Å². The molecule has 1 heterocycles. The van der Waals surface area contributed by atoms with Gasteiger partial charge in [-0.1, -0.05) is 6.07 Å². The summed E-state index contributed by atoms with van der Waals surface area (Å²) in [6.07, 6.45) is 0.134. The van der Waals surface area contributed by atoms with Crippen molar-refractivity contribution in [1.82, 2.24) is 0 Å². The molecule has 0 saturated heterocycles. The summed E-state index contributed by atoms with van der Waals surface area (Å²) in [5, 5.41) is 0. The first-order valence-electron chi connectivity index (χ1n) is 5.58. The Kier molecular flexibility index (Phi) is 2.89. The van der Waals surface area contributed by atoms with E-state index in [4.69, 9.17) is 4.74 Å². The molecule has 106 valence electrons. The van der Waals surface area contributed by atoms with Crippen molar-refractivity contribution in [3.8, 4) is 5.75 Å². The van der Waals surface area contributed by atoms with Crippen molar-refractivity contribution in [3.63, 3.8) is 0 Å². The number of alkyl halides is 3. The van der Waals surface area contributed by atoms with Gasteiger partial charge in [-0.05, 0) is 32.4 Å². The number of rotatable bonds is 1.